The third-order valence-corrected chi connectivity index (χ3v) is 3.43. The number of hydrogen-bond acceptors (Lipinski definition) is 5. The highest BCUT2D eigenvalue weighted by Gasteiger charge is 2.19. The lowest BCUT2D eigenvalue weighted by molar-refractivity contribution is 0.311. The number of benzene rings is 1. The Morgan fingerprint density at radius 2 is 2.00 bits per heavy atom. The minimum Gasteiger partial charge on any atom is -0.464 e. The molecule has 0 bridgehead atoms. The summed E-state index contributed by atoms with van der Waals surface area (Å²) in [4.78, 5) is 14.6. The largest absolute Gasteiger partial charge is 0.464 e. The molecule has 0 saturated carbocycles. The van der Waals surface area contributed by atoms with Crippen LogP contribution in [0.1, 0.15) is 18.1 Å². The van der Waals surface area contributed by atoms with Gasteiger partial charge in [0, 0.05) is 13.1 Å². The monoisotopic (exact) mass is 290 g/mol. The lowest BCUT2D eigenvalue weighted by atomic mass is 10.0. The molecule has 0 radical (unpaired) electrons. The van der Waals surface area contributed by atoms with E-state index < -0.39 is 0 Å². The van der Waals surface area contributed by atoms with Crippen LogP contribution in [-0.2, 0) is 13.0 Å². The minimum absolute atomic E-state index is 0.164. The van der Waals surface area contributed by atoms with Crippen molar-refractivity contribution in [3.63, 3.8) is 0 Å². The van der Waals surface area contributed by atoms with Crippen molar-refractivity contribution in [1.29, 1.82) is 0 Å². The molecule has 2 aromatic rings. The van der Waals surface area contributed by atoms with Crippen LogP contribution in [0.4, 0.5) is 5.95 Å². The zero-order chi connectivity index (χ0) is 13.9. The molecule has 0 atom stereocenters. The van der Waals surface area contributed by atoms with E-state index >= 15 is 0 Å². The second-order valence-electron chi connectivity index (χ2n) is 4.56. The molecule has 20 heavy (non-hydrogen) atoms. The van der Waals surface area contributed by atoms with Crippen molar-refractivity contribution < 1.29 is 4.74 Å². The van der Waals surface area contributed by atoms with Gasteiger partial charge in [-0.15, -0.1) is 0 Å². The van der Waals surface area contributed by atoms with Gasteiger partial charge in [-0.2, -0.15) is 15.0 Å². The Balaban J connectivity index is 1.87. The standard InChI is InChI=1S/C14H15ClN4O/c1-2-20-14-17-12(15)16-13(18-14)19-8-7-10-5-3-4-6-11(10)9-19/h3-6H,2,7-9H2,1H3. The van der Waals surface area contributed by atoms with Gasteiger partial charge in [-0.3, -0.25) is 0 Å². The summed E-state index contributed by atoms with van der Waals surface area (Å²) in [5.74, 6) is 0.572. The summed E-state index contributed by atoms with van der Waals surface area (Å²) in [5, 5.41) is 0.164. The van der Waals surface area contributed by atoms with E-state index in [0.717, 1.165) is 19.5 Å². The summed E-state index contributed by atoms with van der Waals surface area (Å²) >= 11 is 5.94. The van der Waals surface area contributed by atoms with Crippen molar-refractivity contribution in [3.8, 4) is 6.01 Å². The van der Waals surface area contributed by atoms with Gasteiger partial charge >= 0.3 is 6.01 Å². The van der Waals surface area contributed by atoms with E-state index in [9.17, 15) is 0 Å². The van der Waals surface area contributed by atoms with Crippen LogP contribution in [0, 0.1) is 0 Å². The van der Waals surface area contributed by atoms with Crippen LogP contribution in [0.2, 0.25) is 5.28 Å². The maximum Gasteiger partial charge on any atom is 0.322 e. The van der Waals surface area contributed by atoms with Crippen molar-refractivity contribution in [2.24, 2.45) is 0 Å². The van der Waals surface area contributed by atoms with Crippen molar-refractivity contribution in [3.05, 3.63) is 40.7 Å². The predicted molar refractivity (Wildman–Crippen MR) is 77.2 cm³/mol. The van der Waals surface area contributed by atoms with Gasteiger partial charge in [0.25, 0.3) is 0 Å². The van der Waals surface area contributed by atoms with E-state index in [0.29, 0.717) is 12.6 Å². The summed E-state index contributed by atoms with van der Waals surface area (Å²) in [5.41, 5.74) is 2.68. The number of hydrogen-bond donors (Lipinski definition) is 0. The van der Waals surface area contributed by atoms with Gasteiger partial charge in [0.15, 0.2) is 0 Å². The molecule has 5 nitrogen and oxygen atoms in total. The van der Waals surface area contributed by atoms with Crippen LogP contribution < -0.4 is 9.64 Å². The normalized spacial score (nSPS) is 14.0. The molecular formula is C14H15ClN4O. The average Bonchev–Trinajstić information content (AvgIpc) is 2.46. The van der Waals surface area contributed by atoms with Crippen molar-refractivity contribution >= 4 is 17.5 Å². The lowest BCUT2D eigenvalue weighted by Crippen LogP contribution is -2.32. The molecule has 0 saturated heterocycles. The topological polar surface area (TPSA) is 51.1 Å². The summed E-state index contributed by atoms with van der Waals surface area (Å²) in [7, 11) is 0. The molecule has 2 heterocycles. The molecule has 1 aliphatic rings. The van der Waals surface area contributed by atoms with Crippen LogP contribution in [-0.4, -0.2) is 28.1 Å². The molecule has 1 aromatic heterocycles. The lowest BCUT2D eigenvalue weighted by Gasteiger charge is -2.28. The predicted octanol–water partition coefficient (Wildman–Crippen LogP) is 2.49. The van der Waals surface area contributed by atoms with Crippen molar-refractivity contribution in [1.82, 2.24) is 15.0 Å². The zero-order valence-corrected chi connectivity index (χ0v) is 12.0. The van der Waals surface area contributed by atoms with Crippen molar-refractivity contribution in [2.45, 2.75) is 19.9 Å². The molecule has 1 aromatic carbocycles. The quantitative estimate of drug-likeness (QED) is 0.869. The van der Waals surface area contributed by atoms with Gasteiger partial charge in [0.05, 0.1) is 6.61 Å². The van der Waals surface area contributed by atoms with E-state index in [-0.39, 0.29) is 11.3 Å². The van der Waals surface area contributed by atoms with Crippen LogP contribution in [0.5, 0.6) is 6.01 Å². The first-order valence-electron chi connectivity index (χ1n) is 6.62. The third kappa shape index (κ3) is 2.67. The molecule has 0 aliphatic carbocycles. The van der Waals surface area contributed by atoms with Crippen LogP contribution >= 0.6 is 11.6 Å². The second kappa shape index (κ2) is 5.63. The molecular weight excluding hydrogens is 276 g/mol. The molecule has 0 N–H and O–H groups in total. The average molecular weight is 291 g/mol. The number of anilines is 1. The highest BCUT2D eigenvalue weighted by molar-refractivity contribution is 6.28. The Morgan fingerprint density at radius 3 is 2.80 bits per heavy atom. The van der Waals surface area contributed by atoms with E-state index in [1.54, 1.807) is 0 Å². The van der Waals surface area contributed by atoms with Gasteiger partial charge in [0.1, 0.15) is 0 Å². The Labute approximate surface area is 122 Å². The number of fused-ring (bicyclic) bond motifs is 1. The maximum absolute atomic E-state index is 5.94. The van der Waals surface area contributed by atoms with Gasteiger partial charge in [-0.25, -0.2) is 0 Å². The van der Waals surface area contributed by atoms with E-state index in [4.69, 9.17) is 16.3 Å². The summed E-state index contributed by atoms with van der Waals surface area (Å²) < 4.78 is 5.31. The van der Waals surface area contributed by atoms with E-state index in [1.807, 2.05) is 13.0 Å². The zero-order valence-electron chi connectivity index (χ0n) is 11.2. The fourth-order valence-electron chi connectivity index (χ4n) is 2.32. The molecule has 0 spiro atoms. The number of nitrogens with zero attached hydrogens (tertiary/aromatic N) is 4. The van der Waals surface area contributed by atoms with Gasteiger partial charge in [-0.1, -0.05) is 24.3 Å². The Hall–Kier alpha value is -1.88. The Morgan fingerprint density at radius 1 is 1.20 bits per heavy atom. The Kier molecular flexibility index (Phi) is 3.69. The summed E-state index contributed by atoms with van der Waals surface area (Å²) in [6, 6.07) is 8.70. The van der Waals surface area contributed by atoms with Crippen LogP contribution in [0.15, 0.2) is 24.3 Å². The maximum atomic E-state index is 5.94. The fourth-order valence-corrected chi connectivity index (χ4v) is 2.47. The Bertz CT molecular complexity index is 620. The van der Waals surface area contributed by atoms with Crippen molar-refractivity contribution in [2.75, 3.05) is 18.1 Å². The highest BCUT2D eigenvalue weighted by Crippen LogP contribution is 2.23. The number of ether oxygens (including phenoxy) is 1. The number of rotatable bonds is 3. The first kappa shape index (κ1) is 13.1. The fraction of sp³-hybridized carbons (Fsp3) is 0.357. The summed E-state index contributed by atoms with van der Waals surface area (Å²) in [6.07, 6.45) is 0.976. The van der Waals surface area contributed by atoms with Crippen LogP contribution in [0.3, 0.4) is 0 Å². The van der Waals surface area contributed by atoms with Gasteiger partial charge in [0.2, 0.25) is 11.2 Å². The molecule has 3 rings (SSSR count). The summed E-state index contributed by atoms with van der Waals surface area (Å²) in [6.45, 7) is 4.03. The molecule has 1 aliphatic heterocycles. The number of aromatic nitrogens is 3. The third-order valence-electron chi connectivity index (χ3n) is 3.26. The molecule has 104 valence electrons. The minimum atomic E-state index is 0.164. The second-order valence-corrected chi connectivity index (χ2v) is 4.90. The van der Waals surface area contributed by atoms with Gasteiger partial charge in [-0.05, 0) is 36.1 Å². The SMILES string of the molecule is CCOc1nc(Cl)nc(N2CCc3ccccc3C2)n1. The van der Waals surface area contributed by atoms with Gasteiger partial charge < -0.3 is 9.64 Å². The molecule has 0 fully saturated rings. The molecule has 0 unspecified atom stereocenters. The smallest absolute Gasteiger partial charge is 0.322 e. The van der Waals surface area contributed by atoms with E-state index in [2.05, 4.69) is 38.1 Å². The van der Waals surface area contributed by atoms with Crippen LogP contribution in [0.25, 0.3) is 0 Å². The number of halogens is 1. The first-order chi connectivity index (χ1) is 9.76. The first-order valence-corrected chi connectivity index (χ1v) is 7.00. The molecule has 0 amide bonds. The highest BCUT2D eigenvalue weighted by atomic mass is 35.5. The molecule has 6 heteroatoms. The van der Waals surface area contributed by atoms with E-state index in [1.165, 1.54) is 11.1 Å².